The summed E-state index contributed by atoms with van der Waals surface area (Å²) in [5, 5.41) is 10.9. The van der Waals surface area contributed by atoms with Gasteiger partial charge in [-0.25, -0.2) is 0 Å². The highest BCUT2D eigenvalue weighted by Gasteiger charge is 2.57. The maximum atomic E-state index is 13.1. The third-order valence-electron chi connectivity index (χ3n) is 9.76. The molecule has 2 rings (SSSR count). The molecule has 0 aliphatic heterocycles. The minimum atomic E-state index is -2.09. The van der Waals surface area contributed by atoms with Crippen LogP contribution < -0.4 is 0 Å². The second-order valence-corrected chi connectivity index (χ2v) is 24.2. The molecule has 3 unspecified atom stereocenters. The first-order chi connectivity index (χ1) is 16.8. The highest BCUT2D eigenvalue weighted by molar-refractivity contribution is 6.74. The van der Waals surface area contributed by atoms with Gasteiger partial charge in [0.2, 0.25) is 0 Å². The van der Waals surface area contributed by atoms with Crippen molar-refractivity contribution in [1.82, 2.24) is 0 Å². The molecule has 0 amide bonds. The molecule has 1 aromatic carbocycles. The highest BCUT2D eigenvalue weighted by Crippen LogP contribution is 2.54. The van der Waals surface area contributed by atoms with Crippen molar-refractivity contribution in [3.63, 3.8) is 0 Å². The van der Waals surface area contributed by atoms with Gasteiger partial charge in [-0.3, -0.25) is 4.79 Å². The topological polar surface area (TPSA) is 65.0 Å². The maximum Gasteiger partial charge on any atom is 0.312 e. The van der Waals surface area contributed by atoms with Crippen LogP contribution in [0.3, 0.4) is 0 Å². The third-order valence-corrected chi connectivity index (χ3v) is 18.7. The number of carbonyl (C=O) groups is 1. The van der Waals surface area contributed by atoms with Crippen molar-refractivity contribution in [3.8, 4) is 0 Å². The van der Waals surface area contributed by atoms with Gasteiger partial charge >= 0.3 is 5.97 Å². The first-order valence-corrected chi connectivity index (χ1v) is 19.7. The maximum absolute atomic E-state index is 13.1. The summed E-state index contributed by atoms with van der Waals surface area (Å²) in [6.45, 7) is 26.3. The molecule has 37 heavy (non-hydrogen) atoms. The SMILES string of the molecule is CC1(CO[Si](C)(C)C(C)(C)C)CCCC(COCc2ccccc2)(C(=O)O)C1CO[Si](C)(C)C(C)(C)C. The van der Waals surface area contributed by atoms with Crippen molar-refractivity contribution < 1.29 is 23.5 Å². The lowest BCUT2D eigenvalue weighted by Crippen LogP contribution is -2.58. The standard InChI is InChI=1S/C30H54O5Si2/c1-27(2,3)36(8,9)34-21-25-29(7,22-35-37(10,11)28(4,5)6)18-15-19-30(25,26(31)32)23-33-20-24-16-13-12-14-17-24/h12-14,16-17,25H,15,18-23H2,1-11H3,(H,31,32). The van der Waals surface area contributed by atoms with E-state index in [-0.39, 0.29) is 28.0 Å². The van der Waals surface area contributed by atoms with E-state index in [2.05, 4.69) is 74.7 Å². The normalized spacial score (nSPS) is 25.8. The number of aliphatic carboxylic acids is 1. The van der Waals surface area contributed by atoms with E-state index < -0.39 is 28.0 Å². The molecule has 212 valence electrons. The quantitative estimate of drug-likeness (QED) is 0.282. The Morgan fingerprint density at radius 2 is 1.46 bits per heavy atom. The van der Waals surface area contributed by atoms with Gasteiger partial charge in [0.1, 0.15) is 0 Å². The fourth-order valence-corrected chi connectivity index (χ4v) is 6.98. The highest BCUT2D eigenvalue weighted by atomic mass is 28.4. The van der Waals surface area contributed by atoms with Crippen LogP contribution in [0.1, 0.15) is 73.3 Å². The molecular weight excluding hydrogens is 496 g/mol. The third kappa shape index (κ3) is 7.56. The summed E-state index contributed by atoms with van der Waals surface area (Å²) in [6.07, 6.45) is 2.37. The number of hydrogen-bond acceptors (Lipinski definition) is 4. The smallest absolute Gasteiger partial charge is 0.312 e. The molecule has 0 heterocycles. The fourth-order valence-electron chi connectivity index (χ4n) is 4.84. The first kappa shape index (κ1) is 32.2. The molecule has 0 aromatic heterocycles. The lowest BCUT2D eigenvalue weighted by atomic mass is 9.55. The van der Waals surface area contributed by atoms with Crippen molar-refractivity contribution in [1.29, 1.82) is 0 Å². The van der Waals surface area contributed by atoms with Crippen LogP contribution in [-0.2, 0) is 25.0 Å². The summed E-state index contributed by atoms with van der Waals surface area (Å²) in [7, 11) is -4.10. The fraction of sp³-hybridized carbons (Fsp3) is 0.767. The summed E-state index contributed by atoms with van der Waals surface area (Å²) < 4.78 is 19.7. The first-order valence-electron chi connectivity index (χ1n) is 13.9. The van der Waals surface area contributed by atoms with Gasteiger partial charge in [-0.15, -0.1) is 0 Å². The predicted molar refractivity (Wildman–Crippen MR) is 158 cm³/mol. The Balaban J connectivity index is 2.41. The van der Waals surface area contributed by atoms with E-state index in [1.54, 1.807) is 0 Å². The largest absolute Gasteiger partial charge is 0.481 e. The van der Waals surface area contributed by atoms with Crippen LogP contribution in [0.4, 0.5) is 0 Å². The van der Waals surface area contributed by atoms with Gasteiger partial charge < -0.3 is 18.7 Å². The zero-order valence-electron chi connectivity index (χ0n) is 25.5. The zero-order chi connectivity index (χ0) is 28.3. The van der Waals surface area contributed by atoms with Crippen molar-refractivity contribution in [2.75, 3.05) is 19.8 Å². The van der Waals surface area contributed by atoms with E-state index >= 15 is 0 Å². The molecule has 1 aliphatic rings. The lowest BCUT2D eigenvalue weighted by molar-refractivity contribution is -0.176. The molecule has 0 radical (unpaired) electrons. The van der Waals surface area contributed by atoms with Gasteiger partial charge in [0.25, 0.3) is 0 Å². The van der Waals surface area contributed by atoms with E-state index in [1.165, 1.54) is 0 Å². The van der Waals surface area contributed by atoms with Crippen molar-refractivity contribution in [2.45, 2.75) is 111 Å². The molecular formula is C30H54O5Si2. The Morgan fingerprint density at radius 3 is 1.97 bits per heavy atom. The van der Waals surface area contributed by atoms with Gasteiger partial charge in [0, 0.05) is 19.1 Å². The molecule has 1 aliphatic carbocycles. The van der Waals surface area contributed by atoms with Gasteiger partial charge in [-0.05, 0) is 60.1 Å². The van der Waals surface area contributed by atoms with Crippen LogP contribution >= 0.6 is 0 Å². The van der Waals surface area contributed by atoms with Gasteiger partial charge in [0.15, 0.2) is 16.6 Å². The average molecular weight is 551 g/mol. The Labute approximate surface area is 228 Å². The Hall–Kier alpha value is -0.996. The monoisotopic (exact) mass is 550 g/mol. The number of benzene rings is 1. The van der Waals surface area contributed by atoms with Crippen LogP contribution in [-0.4, -0.2) is 47.5 Å². The molecule has 0 saturated heterocycles. The lowest BCUT2D eigenvalue weighted by Gasteiger charge is -2.53. The van der Waals surface area contributed by atoms with E-state index in [1.807, 2.05) is 30.3 Å². The minimum absolute atomic E-state index is 0.0470. The van der Waals surface area contributed by atoms with E-state index in [0.717, 1.165) is 18.4 Å². The van der Waals surface area contributed by atoms with Crippen LogP contribution in [0.5, 0.6) is 0 Å². The molecule has 1 N–H and O–H groups in total. The molecule has 3 atom stereocenters. The predicted octanol–water partition coefficient (Wildman–Crippen LogP) is 8.12. The summed E-state index contributed by atoms with van der Waals surface area (Å²) in [5.74, 6) is -0.983. The van der Waals surface area contributed by atoms with Gasteiger partial charge in [0.05, 0.1) is 18.6 Å². The van der Waals surface area contributed by atoms with E-state index in [4.69, 9.17) is 13.6 Å². The summed E-state index contributed by atoms with van der Waals surface area (Å²) in [4.78, 5) is 13.1. The zero-order valence-corrected chi connectivity index (χ0v) is 27.5. The number of carboxylic acid groups (broad SMARTS) is 1. The van der Waals surface area contributed by atoms with Crippen LogP contribution in [0, 0.1) is 16.7 Å². The van der Waals surface area contributed by atoms with E-state index in [0.29, 0.717) is 26.2 Å². The van der Waals surface area contributed by atoms with Gasteiger partial charge in [-0.1, -0.05) is 85.2 Å². The second-order valence-electron chi connectivity index (χ2n) is 14.6. The number of rotatable bonds is 11. The van der Waals surface area contributed by atoms with Gasteiger partial charge in [-0.2, -0.15) is 0 Å². The van der Waals surface area contributed by atoms with Crippen LogP contribution in [0.2, 0.25) is 36.3 Å². The molecule has 1 fully saturated rings. The Morgan fingerprint density at radius 1 is 0.919 bits per heavy atom. The number of carboxylic acids is 1. The van der Waals surface area contributed by atoms with Crippen LogP contribution in [0.25, 0.3) is 0 Å². The summed E-state index contributed by atoms with van der Waals surface area (Å²) >= 11 is 0. The second kappa shape index (κ2) is 11.6. The minimum Gasteiger partial charge on any atom is -0.481 e. The molecule has 7 heteroatoms. The molecule has 0 spiro atoms. The molecule has 5 nitrogen and oxygen atoms in total. The van der Waals surface area contributed by atoms with Crippen molar-refractivity contribution in [2.24, 2.45) is 16.7 Å². The molecule has 1 aromatic rings. The Kier molecular flexibility index (Phi) is 10.1. The van der Waals surface area contributed by atoms with Crippen molar-refractivity contribution >= 4 is 22.6 Å². The average Bonchev–Trinajstić information content (AvgIpc) is 2.76. The number of hydrogen-bond donors (Lipinski definition) is 1. The molecule has 0 bridgehead atoms. The van der Waals surface area contributed by atoms with Crippen LogP contribution in [0.15, 0.2) is 30.3 Å². The molecule has 1 saturated carbocycles. The summed E-state index contributed by atoms with van der Waals surface area (Å²) in [6, 6.07) is 9.98. The summed E-state index contributed by atoms with van der Waals surface area (Å²) in [5.41, 5.74) is -0.275. The van der Waals surface area contributed by atoms with Crippen molar-refractivity contribution in [3.05, 3.63) is 35.9 Å². The Bertz CT molecular complexity index is 887. The van der Waals surface area contributed by atoms with E-state index in [9.17, 15) is 9.90 Å². The number of ether oxygens (including phenoxy) is 1.